The van der Waals surface area contributed by atoms with Gasteiger partial charge in [-0.1, -0.05) is 31.5 Å². The number of aromatic amines is 1. The van der Waals surface area contributed by atoms with E-state index in [0.29, 0.717) is 18.6 Å². The molecule has 29 heavy (non-hydrogen) atoms. The average Bonchev–Trinajstić information content (AvgIpc) is 3.16. The smallest absolute Gasteiger partial charge is 0.328 e. The molecule has 0 unspecified atom stereocenters. The fourth-order valence-corrected chi connectivity index (χ4v) is 3.13. The fourth-order valence-electron chi connectivity index (χ4n) is 3.13. The van der Waals surface area contributed by atoms with Crippen LogP contribution in [0, 0.1) is 0 Å². The Kier molecular flexibility index (Phi) is 6.89. The number of hydrogen-bond donors (Lipinski definition) is 2. The highest BCUT2D eigenvalue weighted by Gasteiger charge is 2.24. The number of nitrogens with one attached hydrogen (secondary N) is 2. The minimum Gasteiger partial charge on any atom is -0.494 e. The summed E-state index contributed by atoms with van der Waals surface area (Å²) in [5.41, 5.74) is 2.38. The van der Waals surface area contributed by atoms with Crippen LogP contribution >= 0.6 is 0 Å². The summed E-state index contributed by atoms with van der Waals surface area (Å²) in [6, 6.07) is 13.9. The molecule has 0 aliphatic rings. The summed E-state index contributed by atoms with van der Waals surface area (Å²) >= 11 is 0. The summed E-state index contributed by atoms with van der Waals surface area (Å²) in [7, 11) is 1.32. The van der Waals surface area contributed by atoms with Crippen LogP contribution in [-0.2, 0) is 16.0 Å². The number of H-pyrrole nitrogens is 1. The number of rotatable bonds is 9. The molecular formula is C23H26N2O4. The van der Waals surface area contributed by atoms with Gasteiger partial charge in [0.1, 0.15) is 11.8 Å². The Bertz CT molecular complexity index is 962. The fraction of sp³-hybridized carbons (Fsp3) is 0.304. The maximum absolute atomic E-state index is 12.7. The summed E-state index contributed by atoms with van der Waals surface area (Å²) < 4.78 is 10.5. The molecule has 1 amide bonds. The maximum Gasteiger partial charge on any atom is 0.328 e. The molecule has 6 heteroatoms. The number of methoxy groups -OCH3 is 1. The molecule has 0 spiro atoms. The van der Waals surface area contributed by atoms with Gasteiger partial charge in [0, 0.05) is 29.1 Å². The van der Waals surface area contributed by atoms with Crippen molar-refractivity contribution < 1.29 is 19.1 Å². The van der Waals surface area contributed by atoms with Crippen molar-refractivity contribution in [1.82, 2.24) is 10.3 Å². The monoisotopic (exact) mass is 394 g/mol. The Morgan fingerprint density at radius 3 is 2.59 bits per heavy atom. The highest BCUT2D eigenvalue weighted by atomic mass is 16.5. The number of aromatic nitrogens is 1. The minimum atomic E-state index is -0.785. The lowest BCUT2D eigenvalue weighted by molar-refractivity contribution is -0.142. The van der Waals surface area contributed by atoms with Gasteiger partial charge in [-0.25, -0.2) is 4.79 Å². The molecule has 0 saturated carbocycles. The molecule has 152 valence electrons. The molecule has 6 nitrogen and oxygen atoms in total. The molecule has 1 aromatic heterocycles. The topological polar surface area (TPSA) is 80.4 Å². The number of amides is 1. The van der Waals surface area contributed by atoms with Crippen molar-refractivity contribution in [3.05, 3.63) is 65.9 Å². The van der Waals surface area contributed by atoms with E-state index in [1.165, 1.54) is 7.11 Å². The molecule has 3 aromatic rings. The molecule has 1 heterocycles. The molecule has 0 aliphatic heterocycles. The normalized spacial score (nSPS) is 11.8. The van der Waals surface area contributed by atoms with Gasteiger partial charge in [-0.3, -0.25) is 4.79 Å². The van der Waals surface area contributed by atoms with E-state index in [9.17, 15) is 9.59 Å². The van der Waals surface area contributed by atoms with E-state index in [4.69, 9.17) is 9.47 Å². The van der Waals surface area contributed by atoms with Gasteiger partial charge in [-0.15, -0.1) is 0 Å². The minimum absolute atomic E-state index is 0.333. The number of ether oxygens (including phenoxy) is 2. The van der Waals surface area contributed by atoms with E-state index in [-0.39, 0.29) is 5.91 Å². The second-order valence-electron chi connectivity index (χ2n) is 6.84. The third-order valence-corrected chi connectivity index (χ3v) is 4.77. The predicted molar refractivity (Wildman–Crippen MR) is 112 cm³/mol. The highest BCUT2D eigenvalue weighted by molar-refractivity contribution is 5.97. The number of unbranched alkanes of at least 4 members (excludes halogenated alkanes) is 1. The van der Waals surface area contributed by atoms with Gasteiger partial charge in [-0.2, -0.15) is 0 Å². The standard InChI is InChI=1S/C23H26N2O4/c1-3-4-13-29-18-11-9-16(10-12-18)22(26)25-21(23(27)28-2)14-17-15-24-20-8-6-5-7-19(17)20/h5-12,15,21,24H,3-4,13-14H2,1-2H3,(H,25,26)/t21-/m0/s1. The summed E-state index contributed by atoms with van der Waals surface area (Å²) in [4.78, 5) is 28.1. The molecular weight excluding hydrogens is 368 g/mol. The van der Waals surface area contributed by atoms with E-state index in [2.05, 4.69) is 17.2 Å². The van der Waals surface area contributed by atoms with Crippen molar-refractivity contribution in [1.29, 1.82) is 0 Å². The number of hydrogen-bond acceptors (Lipinski definition) is 4. The first-order chi connectivity index (χ1) is 14.1. The molecule has 3 rings (SSSR count). The SMILES string of the molecule is CCCCOc1ccc(C(=O)N[C@@H](Cc2c[nH]c3ccccc23)C(=O)OC)cc1. The Morgan fingerprint density at radius 2 is 1.86 bits per heavy atom. The average molecular weight is 394 g/mol. The summed E-state index contributed by atoms with van der Waals surface area (Å²) in [5.74, 6) is -0.0955. The summed E-state index contributed by atoms with van der Waals surface area (Å²) in [6.07, 6.45) is 4.23. The lowest BCUT2D eigenvalue weighted by Crippen LogP contribution is -2.43. The first-order valence-corrected chi connectivity index (χ1v) is 9.79. The summed E-state index contributed by atoms with van der Waals surface area (Å²) in [5, 5.41) is 3.81. The second-order valence-corrected chi connectivity index (χ2v) is 6.84. The van der Waals surface area contributed by atoms with Crippen molar-refractivity contribution in [3.8, 4) is 5.75 Å². The zero-order chi connectivity index (χ0) is 20.6. The quantitative estimate of drug-likeness (QED) is 0.427. The van der Waals surface area contributed by atoms with Crippen molar-refractivity contribution in [2.45, 2.75) is 32.2 Å². The molecule has 0 aliphatic carbocycles. The summed E-state index contributed by atoms with van der Waals surface area (Å²) in [6.45, 7) is 2.75. The lowest BCUT2D eigenvalue weighted by Gasteiger charge is -2.16. The highest BCUT2D eigenvalue weighted by Crippen LogP contribution is 2.20. The third-order valence-electron chi connectivity index (χ3n) is 4.77. The van der Waals surface area contributed by atoms with Crippen LogP contribution in [0.5, 0.6) is 5.75 Å². The van der Waals surface area contributed by atoms with E-state index in [0.717, 1.165) is 35.1 Å². The van der Waals surface area contributed by atoms with E-state index >= 15 is 0 Å². The van der Waals surface area contributed by atoms with E-state index < -0.39 is 12.0 Å². The van der Waals surface area contributed by atoms with Gasteiger partial charge < -0.3 is 19.8 Å². The number of esters is 1. The Morgan fingerprint density at radius 1 is 1.10 bits per heavy atom. The molecule has 2 aromatic carbocycles. The van der Waals surface area contributed by atoms with Gasteiger partial charge in [0.15, 0.2) is 0 Å². The number of carbonyl (C=O) groups is 2. The van der Waals surface area contributed by atoms with Gasteiger partial charge in [0.25, 0.3) is 5.91 Å². The first-order valence-electron chi connectivity index (χ1n) is 9.79. The Labute approximate surface area is 170 Å². The van der Waals surface area contributed by atoms with E-state index in [1.807, 2.05) is 30.5 Å². The number of benzene rings is 2. The zero-order valence-electron chi connectivity index (χ0n) is 16.7. The molecule has 0 saturated heterocycles. The van der Waals surface area contributed by atoms with Crippen molar-refractivity contribution in [2.24, 2.45) is 0 Å². The Hall–Kier alpha value is -3.28. The van der Waals surface area contributed by atoms with Gasteiger partial charge in [0.2, 0.25) is 0 Å². The Balaban J connectivity index is 1.69. The first kappa shape index (κ1) is 20.5. The number of fused-ring (bicyclic) bond motifs is 1. The van der Waals surface area contributed by atoms with Crippen molar-refractivity contribution in [2.75, 3.05) is 13.7 Å². The lowest BCUT2D eigenvalue weighted by atomic mass is 10.0. The van der Waals surface area contributed by atoms with Gasteiger partial charge in [0.05, 0.1) is 13.7 Å². The van der Waals surface area contributed by atoms with Gasteiger partial charge >= 0.3 is 5.97 Å². The van der Waals surface area contributed by atoms with Gasteiger partial charge in [-0.05, 0) is 42.3 Å². The van der Waals surface area contributed by atoms with Crippen LogP contribution in [0.25, 0.3) is 10.9 Å². The number of para-hydroxylation sites is 1. The third kappa shape index (κ3) is 5.16. The van der Waals surface area contributed by atoms with Crippen LogP contribution in [0.15, 0.2) is 54.7 Å². The van der Waals surface area contributed by atoms with Crippen LogP contribution in [0.1, 0.15) is 35.7 Å². The molecule has 0 fully saturated rings. The van der Waals surface area contributed by atoms with Crippen molar-refractivity contribution in [3.63, 3.8) is 0 Å². The second kappa shape index (κ2) is 9.78. The van der Waals surface area contributed by atoms with Crippen LogP contribution in [0.4, 0.5) is 0 Å². The van der Waals surface area contributed by atoms with Crippen molar-refractivity contribution >= 4 is 22.8 Å². The van der Waals surface area contributed by atoms with Crippen LogP contribution in [0.3, 0.4) is 0 Å². The zero-order valence-corrected chi connectivity index (χ0v) is 16.7. The maximum atomic E-state index is 12.7. The number of carbonyl (C=O) groups excluding carboxylic acids is 2. The van der Waals surface area contributed by atoms with E-state index in [1.54, 1.807) is 24.3 Å². The molecule has 1 atom stereocenters. The van der Waals surface area contributed by atoms with Crippen LogP contribution in [-0.4, -0.2) is 36.6 Å². The molecule has 2 N–H and O–H groups in total. The predicted octanol–water partition coefficient (Wildman–Crippen LogP) is 3.86. The van der Waals surface area contributed by atoms with Crippen LogP contribution < -0.4 is 10.1 Å². The molecule has 0 bridgehead atoms. The molecule has 0 radical (unpaired) electrons. The van der Waals surface area contributed by atoms with Crippen LogP contribution in [0.2, 0.25) is 0 Å². The largest absolute Gasteiger partial charge is 0.494 e.